The lowest BCUT2D eigenvalue weighted by Crippen LogP contribution is -2.35. The lowest BCUT2D eigenvalue weighted by molar-refractivity contribution is 0.101. The summed E-state index contributed by atoms with van der Waals surface area (Å²) in [4.78, 5) is 16.2. The van der Waals surface area contributed by atoms with E-state index >= 15 is 0 Å². The summed E-state index contributed by atoms with van der Waals surface area (Å²) < 4.78 is 14.0. The molecular weight excluding hydrogens is 435 g/mol. The lowest BCUT2D eigenvalue weighted by Gasteiger charge is -2.24. The van der Waals surface area contributed by atoms with Crippen LogP contribution in [0.25, 0.3) is 6.08 Å². The van der Waals surface area contributed by atoms with Crippen molar-refractivity contribution in [2.45, 2.75) is 65.8 Å². The van der Waals surface area contributed by atoms with E-state index in [0.717, 1.165) is 53.9 Å². The fraction of sp³-hybridized carbons (Fsp3) is 0.452. The number of rotatable bonds is 5. The van der Waals surface area contributed by atoms with Crippen molar-refractivity contribution >= 4 is 17.5 Å². The number of hydrogen-bond acceptors (Lipinski definition) is 3. The molecule has 0 aliphatic carbocycles. The van der Waals surface area contributed by atoms with Crippen LogP contribution in [-0.2, 0) is 0 Å². The molecule has 0 bridgehead atoms. The van der Waals surface area contributed by atoms with E-state index in [1.165, 1.54) is 32.4 Å². The van der Waals surface area contributed by atoms with Gasteiger partial charge in [-0.15, -0.1) is 0 Å². The molecular formula is C31H39FN2O. The molecule has 4 rings (SSSR count). The predicted octanol–water partition coefficient (Wildman–Crippen LogP) is 6.88. The predicted molar refractivity (Wildman–Crippen MR) is 146 cm³/mol. The normalized spacial score (nSPS) is 17.7. The van der Waals surface area contributed by atoms with Gasteiger partial charge in [-0.1, -0.05) is 37.0 Å². The molecule has 2 heterocycles. The van der Waals surface area contributed by atoms with Crippen LogP contribution >= 0.6 is 0 Å². The van der Waals surface area contributed by atoms with Crippen molar-refractivity contribution in [1.29, 1.82) is 0 Å². The number of anilines is 1. The summed E-state index contributed by atoms with van der Waals surface area (Å²) in [7, 11) is 0. The van der Waals surface area contributed by atoms with Gasteiger partial charge < -0.3 is 4.90 Å². The molecule has 0 spiro atoms. The van der Waals surface area contributed by atoms with Gasteiger partial charge in [-0.05, 0) is 101 Å². The molecule has 2 fully saturated rings. The van der Waals surface area contributed by atoms with E-state index in [1.807, 2.05) is 56.3 Å². The van der Waals surface area contributed by atoms with E-state index in [9.17, 15) is 9.18 Å². The molecule has 0 radical (unpaired) electrons. The van der Waals surface area contributed by atoms with Gasteiger partial charge >= 0.3 is 0 Å². The summed E-state index contributed by atoms with van der Waals surface area (Å²) >= 11 is 0. The number of carbonyl (C=O) groups excluding carboxylic acids is 1. The highest BCUT2D eigenvalue weighted by Crippen LogP contribution is 2.27. The molecule has 2 aromatic carbocycles. The first-order valence-corrected chi connectivity index (χ1v) is 12.9. The Morgan fingerprint density at radius 3 is 2.57 bits per heavy atom. The maximum absolute atomic E-state index is 14.0. The van der Waals surface area contributed by atoms with Crippen molar-refractivity contribution in [3.8, 4) is 11.8 Å². The number of Topliss-reactive ketones (excluding diaryl/α,β-unsaturated/α-hetero) is 1. The van der Waals surface area contributed by atoms with Gasteiger partial charge in [0.05, 0.1) is 5.69 Å². The molecule has 4 heteroatoms. The van der Waals surface area contributed by atoms with Crippen molar-refractivity contribution in [2.75, 3.05) is 31.1 Å². The number of aryl methyl sites for hydroxylation is 1. The molecule has 3 nitrogen and oxygen atoms in total. The molecule has 1 unspecified atom stereocenters. The summed E-state index contributed by atoms with van der Waals surface area (Å²) in [6.45, 7) is 12.0. The van der Waals surface area contributed by atoms with Crippen LogP contribution in [0, 0.1) is 24.6 Å². The van der Waals surface area contributed by atoms with Crippen molar-refractivity contribution in [1.82, 2.24) is 4.90 Å². The number of unbranched alkanes of at least 4 members (excludes halogenated alkanes) is 1. The molecule has 0 N–H and O–H groups in total. The number of ketones is 1. The zero-order chi connectivity index (χ0) is 25.2. The van der Waals surface area contributed by atoms with Crippen LogP contribution in [0.1, 0.15) is 79.9 Å². The van der Waals surface area contributed by atoms with Crippen LogP contribution in [0.5, 0.6) is 0 Å². The van der Waals surface area contributed by atoms with E-state index in [-0.39, 0.29) is 11.6 Å². The van der Waals surface area contributed by atoms with Crippen LogP contribution < -0.4 is 4.90 Å². The Morgan fingerprint density at radius 2 is 1.91 bits per heavy atom. The Bertz CT molecular complexity index is 1090. The largest absolute Gasteiger partial charge is 0.368 e. The van der Waals surface area contributed by atoms with Crippen LogP contribution in [0.3, 0.4) is 0 Å². The second-order valence-corrected chi connectivity index (χ2v) is 9.50. The third-order valence-electron chi connectivity index (χ3n) is 6.65. The summed E-state index contributed by atoms with van der Waals surface area (Å²) in [5.74, 6) is 6.24. The quantitative estimate of drug-likeness (QED) is 0.348. The molecule has 0 amide bonds. The zero-order valence-electron chi connectivity index (χ0n) is 21.7. The van der Waals surface area contributed by atoms with E-state index in [1.54, 1.807) is 13.0 Å². The van der Waals surface area contributed by atoms with Gasteiger partial charge in [0.25, 0.3) is 0 Å². The standard InChI is InChI=1S/C16H18O.C15H21FN2/c1-4-6-7-9-14-10-11-16(13(3)17)15(12-14)8-5-2;1-12-4-5-15(14(16)10-12)18-9-6-13(11-18)17-7-2-3-8-17/h5,8,10-12H,4,6H2,1-3H3;4-5,10,13H,2-3,6-9,11H2,1H3/b8-5-;. The van der Waals surface area contributed by atoms with Crippen molar-refractivity contribution in [2.24, 2.45) is 0 Å². The Morgan fingerprint density at radius 1 is 1.14 bits per heavy atom. The zero-order valence-corrected chi connectivity index (χ0v) is 21.7. The highest BCUT2D eigenvalue weighted by molar-refractivity contribution is 5.97. The summed E-state index contributed by atoms with van der Waals surface area (Å²) in [6.07, 6.45) is 9.69. The van der Waals surface area contributed by atoms with Crippen LogP contribution in [0.15, 0.2) is 42.5 Å². The van der Waals surface area contributed by atoms with Gasteiger partial charge in [-0.3, -0.25) is 9.69 Å². The molecule has 1 atom stereocenters. The van der Waals surface area contributed by atoms with Crippen molar-refractivity contribution < 1.29 is 9.18 Å². The van der Waals surface area contributed by atoms with Gasteiger partial charge in [0, 0.05) is 36.7 Å². The molecule has 2 saturated heterocycles. The fourth-order valence-electron chi connectivity index (χ4n) is 4.80. The average molecular weight is 475 g/mol. The van der Waals surface area contributed by atoms with Crippen LogP contribution in [0.2, 0.25) is 0 Å². The molecule has 2 aromatic rings. The van der Waals surface area contributed by atoms with Crippen LogP contribution in [0.4, 0.5) is 10.1 Å². The second kappa shape index (κ2) is 13.3. The van der Waals surface area contributed by atoms with Crippen molar-refractivity contribution in [3.05, 3.63) is 70.5 Å². The molecule has 186 valence electrons. The average Bonchev–Trinajstić information content (AvgIpc) is 3.52. The Kier molecular flexibility index (Phi) is 10.1. The SMILES string of the molecule is C/C=C\c1cc(C#CCCC)ccc1C(C)=O.Cc1ccc(N2CCC(N3CCCC3)C2)c(F)c1. The first-order valence-electron chi connectivity index (χ1n) is 12.9. The van der Waals surface area contributed by atoms with Crippen LogP contribution in [-0.4, -0.2) is 42.9 Å². The third-order valence-corrected chi connectivity index (χ3v) is 6.65. The molecule has 0 aromatic heterocycles. The van der Waals surface area contributed by atoms with E-state index in [0.29, 0.717) is 6.04 Å². The monoisotopic (exact) mass is 474 g/mol. The minimum Gasteiger partial charge on any atom is -0.368 e. The number of benzene rings is 2. The number of hydrogen-bond donors (Lipinski definition) is 0. The second-order valence-electron chi connectivity index (χ2n) is 9.50. The topological polar surface area (TPSA) is 23.6 Å². The van der Waals surface area contributed by atoms with Gasteiger partial charge in [0.1, 0.15) is 5.82 Å². The first kappa shape index (κ1) is 26.7. The molecule has 35 heavy (non-hydrogen) atoms. The summed E-state index contributed by atoms with van der Waals surface area (Å²) in [5, 5.41) is 0. The van der Waals surface area contributed by atoms with Gasteiger partial charge in [0.15, 0.2) is 5.78 Å². The van der Waals surface area contributed by atoms with Gasteiger partial charge in [-0.25, -0.2) is 4.39 Å². The molecule has 0 saturated carbocycles. The number of halogens is 1. The maximum atomic E-state index is 14.0. The minimum absolute atomic E-state index is 0.0722. The Hall–Kier alpha value is -2.90. The first-order chi connectivity index (χ1) is 16.9. The third kappa shape index (κ3) is 7.54. The van der Waals surface area contributed by atoms with Gasteiger partial charge in [0.2, 0.25) is 0 Å². The Labute approximate surface area is 211 Å². The minimum atomic E-state index is -0.0722. The van der Waals surface area contributed by atoms with E-state index in [2.05, 4.69) is 28.6 Å². The van der Waals surface area contributed by atoms with E-state index < -0.39 is 0 Å². The number of nitrogens with zero attached hydrogens (tertiary/aromatic N) is 2. The molecule has 2 aliphatic heterocycles. The maximum Gasteiger partial charge on any atom is 0.160 e. The number of carbonyl (C=O) groups is 1. The van der Waals surface area contributed by atoms with Crippen molar-refractivity contribution in [3.63, 3.8) is 0 Å². The smallest absolute Gasteiger partial charge is 0.160 e. The Balaban J connectivity index is 0.000000196. The lowest BCUT2D eigenvalue weighted by atomic mass is 10.0. The summed E-state index contributed by atoms with van der Waals surface area (Å²) in [5.41, 5.74) is 4.44. The fourth-order valence-corrected chi connectivity index (χ4v) is 4.80. The number of allylic oxidation sites excluding steroid dienone is 1. The summed E-state index contributed by atoms with van der Waals surface area (Å²) in [6, 6.07) is 11.9. The number of likely N-dealkylation sites (tertiary alicyclic amines) is 1. The van der Waals surface area contributed by atoms with E-state index in [4.69, 9.17) is 0 Å². The highest BCUT2D eigenvalue weighted by atomic mass is 19.1. The van der Waals surface area contributed by atoms with Gasteiger partial charge in [-0.2, -0.15) is 0 Å². The highest BCUT2D eigenvalue weighted by Gasteiger charge is 2.30. The molecule has 2 aliphatic rings.